The number of nitrogens with one attached hydrogen (secondary N) is 1. The first-order valence-electron chi connectivity index (χ1n) is 7.82. The molecular weight excluding hydrogens is 338 g/mol. The molecule has 4 nitrogen and oxygen atoms in total. The Labute approximate surface area is 149 Å². The summed E-state index contributed by atoms with van der Waals surface area (Å²) in [5, 5.41) is 5.24. The van der Waals surface area contributed by atoms with Gasteiger partial charge in [0.15, 0.2) is 5.75 Å². The van der Waals surface area contributed by atoms with Gasteiger partial charge >= 0.3 is 5.97 Å². The molecule has 0 saturated heterocycles. The van der Waals surface area contributed by atoms with Crippen LogP contribution in [0, 0.1) is 0 Å². The maximum Gasteiger partial charge on any atom is 0.308 e. The molecule has 5 heteroatoms. The fourth-order valence-corrected chi connectivity index (χ4v) is 3.75. The van der Waals surface area contributed by atoms with E-state index in [0.717, 1.165) is 33.0 Å². The first-order chi connectivity index (χ1) is 12.0. The zero-order valence-electron chi connectivity index (χ0n) is 13.6. The van der Waals surface area contributed by atoms with E-state index in [-0.39, 0.29) is 11.7 Å². The second-order valence-electron chi connectivity index (χ2n) is 5.97. The Hall–Kier alpha value is -2.85. The van der Waals surface area contributed by atoms with Crippen LogP contribution in [0.3, 0.4) is 0 Å². The molecule has 0 atom stereocenters. The van der Waals surface area contributed by atoms with Gasteiger partial charge in [-0.25, -0.2) is 0 Å². The van der Waals surface area contributed by atoms with Crippen molar-refractivity contribution in [3.63, 3.8) is 0 Å². The lowest BCUT2D eigenvalue weighted by molar-refractivity contribution is -0.131. The van der Waals surface area contributed by atoms with Gasteiger partial charge in [0.05, 0.1) is 10.7 Å². The van der Waals surface area contributed by atoms with Crippen LogP contribution in [0.1, 0.15) is 13.8 Å². The minimum Gasteiger partial charge on any atom is -0.423 e. The third kappa shape index (κ3) is 2.37. The molecule has 1 aliphatic carbocycles. The molecular formula is C20H14ClNO3. The number of rotatable bonds is 2. The van der Waals surface area contributed by atoms with E-state index < -0.39 is 5.97 Å². The maximum atomic E-state index is 11.6. The fraction of sp³-hybridized carbons (Fsp3) is 0.100. The van der Waals surface area contributed by atoms with Gasteiger partial charge in [0.1, 0.15) is 0 Å². The predicted octanol–water partition coefficient (Wildman–Crippen LogP) is 5.02. The molecule has 124 valence electrons. The highest BCUT2D eigenvalue weighted by Gasteiger charge is 2.28. The number of fused-ring (bicyclic) bond motifs is 3. The highest BCUT2D eigenvalue weighted by Crippen LogP contribution is 2.54. The van der Waals surface area contributed by atoms with Crippen LogP contribution in [0.4, 0.5) is 5.69 Å². The molecule has 1 N–H and O–H groups in total. The Bertz CT molecular complexity index is 1070. The number of esters is 1. The summed E-state index contributed by atoms with van der Waals surface area (Å²) < 4.78 is 5.31. The lowest BCUT2D eigenvalue weighted by Crippen LogP contribution is -2.10. The number of amides is 1. The highest BCUT2D eigenvalue weighted by atomic mass is 35.5. The number of hydrogen-bond acceptors (Lipinski definition) is 3. The normalized spacial score (nSPS) is 11.3. The molecule has 0 heterocycles. The molecule has 3 aromatic carbocycles. The summed E-state index contributed by atoms with van der Waals surface area (Å²) in [4.78, 5) is 23.1. The number of benzene rings is 3. The summed E-state index contributed by atoms with van der Waals surface area (Å²) in [5.74, 6) is -0.590. The minimum atomic E-state index is -0.498. The summed E-state index contributed by atoms with van der Waals surface area (Å²) in [7, 11) is 0. The summed E-state index contributed by atoms with van der Waals surface area (Å²) in [6.07, 6.45) is 0. The molecule has 0 fully saturated rings. The number of halogens is 1. The van der Waals surface area contributed by atoms with Crippen molar-refractivity contribution in [2.75, 3.05) is 5.32 Å². The monoisotopic (exact) mass is 351 g/mol. The Morgan fingerprint density at radius 3 is 2.32 bits per heavy atom. The van der Waals surface area contributed by atoms with Crippen molar-refractivity contribution < 1.29 is 14.3 Å². The Balaban J connectivity index is 2.07. The van der Waals surface area contributed by atoms with Gasteiger partial charge in [0, 0.05) is 19.4 Å². The fourth-order valence-electron chi connectivity index (χ4n) is 3.41. The average molecular weight is 352 g/mol. The standard InChI is InChI=1S/C20H14ClNO3/c1-10(23)22-16-9-15-13-7-3-5-12-6-4-8-14(17(12)13)18(15)19(21)20(16)25-11(2)24/h3-9H,1-2H3,(H,22,23). The van der Waals surface area contributed by atoms with Gasteiger partial charge in [-0.15, -0.1) is 0 Å². The van der Waals surface area contributed by atoms with Crippen LogP contribution in [-0.4, -0.2) is 11.9 Å². The highest BCUT2D eigenvalue weighted by molar-refractivity contribution is 6.38. The number of carbonyl (C=O) groups excluding carboxylic acids is 2. The molecule has 0 radical (unpaired) electrons. The predicted molar refractivity (Wildman–Crippen MR) is 99.0 cm³/mol. The summed E-state index contributed by atoms with van der Waals surface area (Å²) in [6.45, 7) is 2.70. The van der Waals surface area contributed by atoms with Crippen LogP contribution >= 0.6 is 11.6 Å². The van der Waals surface area contributed by atoms with E-state index in [9.17, 15) is 9.59 Å². The van der Waals surface area contributed by atoms with Crippen molar-refractivity contribution in [1.82, 2.24) is 0 Å². The molecule has 3 aromatic rings. The molecule has 4 rings (SSSR count). The van der Waals surface area contributed by atoms with E-state index in [2.05, 4.69) is 5.32 Å². The topological polar surface area (TPSA) is 55.4 Å². The number of hydrogen-bond donors (Lipinski definition) is 1. The van der Waals surface area contributed by atoms with Gasteiger partial charge in [-0.3, -0.25) is 9.59 Å². The van der Waals surface area contributed by atoms with Crippen molar-refractivity contribution >= 4 is 39.9 Å². The van der Waals surface area contributed by atoms with Crippen LogP contribution in [0.25, 0.3) is 33.0 Å². The summed E-state index contributed by atoms with van der Waals surface area (Å²) >= 11 is 6.63. The molecule has 0 aromatic heterocycles. The van der Waals surface area contributed by atoms with Crippen molar-refractivity contribution in [3.05, 3.63) is 47.5 Å². The molecule has 0 unspecified atom stereocenters. The van der Waals surface area contributed by atoms with E-state index >= 15 is 0 Å². The SMILES string of the molecule is CC(=O)Nc1cc2c(c(Cl)c1OC(C)=O)-c1cccc3cccc-2c13. The van der Waals surface area contributed by atoms with Gasteiger partial charge in [-0.1, -0.05) is 48.0 Å². The lowest BCUT2D eigenvalue weighted by atomic mass is 10.0. The van der Waals surface area contributed by atoms with Crippen molar-refractivity contribution in [2.45, 2.75) is 13.8 Å². The van der Waals surface area contributed by atoms with Gasteiger partial charge in [0.25, 0.3) is 0 Å². The maximum absolute atomic E-state index is 11.6. The third-order valence-electron chi connectivity index (χ3n) is 4.24. The van der Waals surface area contributed by atoms with Gasteiger partial charge in [-0.2, -0.15) is 0 Å². The van der Waals surface area contributed by atoms with Crippen LogP contribution in [-0.2, 0) is 9.59 Å². The van der Waals surface area contributed by atoms with Crippen molar-refractivity contribution in [1.29, 1.82) is 0 Å². The summed E-state index contributed by atoms with van der Waals surface area (Å²) in [5.41, 5.74) is 4.16. The molecule has 0 aliphatic heterocycles. The van der Waals surface area contributed by atoms with Gasteiger partial charge < -0.3 is 10.1 Å². The Morgan fingerprint density at radius 1 is 1.00 bits per heavy atom. The zero-order valence-corrected chi connectivity index (χ0v) is 14.4. The van der Waals surface area contributed by atoms with Crippen LogP contribution in [0.2, 0.25) is 5.02 Å². The summed E-state index contributed by atoms with van der Waals surface area (Å²) in [6, 6.07) is 13.9. The van der Waals surface area contributed by atoms with Crippen LogP contribution in [0.5, 0.6) is 5.75 Å². The van der Waals surface area contributed by atoms with Crippen LogP contribution < -0.4 is 10.1 Å². The molecule has 0 bridgehead atoms. The van der Waals surface area contributed by atoms with E-state index in [0.29, 0.717) is 10.7 Å². The Kier molecular flexibility index (Phi) is 3.51. The van der Waals surface area contributed by atoms with Gasteiger partial charge in [-0.05, 0) is 33.5 Å². The van der Waals surface area contributed by atoms with E-state index in [1.807, 2.05) is 42.5 Å². The van der Waals surface area contributed by atoms with E-state index in [4.69, 9.17) is 16.3 Å². The number of carbonyl (C=O) groups is 2. The van der Waals surface area contributed by atoms with Crippen molar-refractivity contribution in [3.8, 4) is 28.0 Å². The minimum absolute atomic E-state index is 0.174. The lowest BCUT2D eigenvalue weighted by Gasteiger charge is -2.15. The van der Waals surface area contributed by atoms with Gasteiger partial charge in [0.2, 0.25) is 5.91 Å². The average Bonchev–Trinajstić information content (AvgIpc) is 2.87. The number of anilines is 1. The van der Waals surface area contributed by atoms with E-state index in [1.165, 1.54) is 13.8 Å². The molecule has 1 amide bonds. The largest absolute Gasteiger partial charge is 0.423 e. The second-order valence-corrected chi connectivity index (χ2v) is 6.35. The van der Waals surface area contributed by atoms with Crippen molar-refractivity contribution in [2.24, 2.45) is 0 Å². The third-order valence-corrected chi connectivity index (χ3v) is 4.60. The number of ether oxygens (including phenoxy) is 1. The first-order valence-corrected chi connectivity index (χ1v) is 8.20. The molecule has 0 spiro atoms. The van der Waals surface area contributed by atoms with Crippen LogP contribution in [0.15, 0.2) is 42.5 Å². The molecule has 0 saturated carbocycles. The second kappa shape index (κ2) is 5.60. The quantitative estimate of drug-likeness (QED) is 0.407. The molecule has 1 aliphatic rings. The Morgan fingerprint density at radius 2 is 1.68 bits per heavy atom. The smallest absolute Gasteiger partial charge is 0.308 e. The zero-order chi connectivity index (χ0) is 17.7. The first kappa shape index (κ1) is 15.7. The van der Waals surface area contributed by atoms with E-state index in [1.54, 1.807) is 0 Å². The molecule has 25 heavy (non-hydrogen) atoms.